The van der Waals surface area contributed by atoms with Crippen LogP contribution in [0.25, 0.3) is 0 Å². The summed E-state index contributed by atoms with van der Waals surface area (Å²) in [6, 6.07) is 5.70. The van der Waals surface area contributed by atoms with Crippen molar-refractivity contribution in [2.75, 3.05) is 5.73 Å². The lowest BCUT2D eigenvalue weighted by Gasteiger charge is -2.22. The molecule has 1 aromatic rings. The summed E-state index contributed by atoms with van der Waals surface area (Å²) in [6.07, 6.45) is 6.78. The SMILES string of the molecule is Nc1cc(COC2CCCCC2)ccc1Cl. The molecular weight excluding hydrogens is 222 g/mol. The third-order valence-electron chi connectivity index (χ3n) is 3.10. The van der Waals surface area contributed by atoms with Crippen molar-refractivity contribution in [2.24, 2.45) is 0 Å². The number of rotatable bonds is 3. The first kappa shape index (κ1) is 11.7. The van der Waals surface area contributed by atoms with Crippen molar-refractivity contribution in [1.82, 2.24) is 0 Å². The number of benzene rings is 1. The molecule has 1 aliphatic rings. The topological polar surface area (TPSA) is 35.2 Å². The third-order valence-corrected chi connectivity index (χ3v) is 3.44. The van der Waals surface area contributed by atoms with Crippen LogP contribution in [0.2, 0.25) is 5.02 Å². The molecule has 0 bridgehead atoms. The zero-order valence-corrected chi connectivity index (χ0v) is 10.2. The summed E-state index contributed by atoms with van der Waals surface area (Å²) in [5, 5.41) is 0.612. The molecule has 0 saturated heterocycles. The molecule has 0 aliphatic heterocycles. The second-order valence-corrected chi connectivity index (χ2v) is 4.83. The molecule has 0 spiro atoms. The maximum absolute atomic E-state index is 5.87. The Hall–Kier alpha value is -0.730. The summed E-state index contributed by atoms with van der Waals surface area (Å²) in [5.74, 6) is 0. The molecule has 0 amide bonds. The highest BCUT2D eigenvalue weighted by molar-refractivity contribution is 6.33. The van der Waals surface area contributed by atoms with Gasteiger partial charge in [0.15, 0.2) is 0 Å². The van der Waals surface area contributed by atoms with E-state index in [4.69, 9.17) is 22.1 Å². The van der Waals surface area contributed by atoms with Crippen LogP contribution in [-0.2, 0) is 11.3 Å². The predicted octanol–water partition coefficient (Wildman–Crippen LogP) is 3.77. The van der Waals surface area contributed by atoms with E-state index in [1.165, 1.54) is 32.1 Å². The molecule has 1 saturated carbocycles. The van der Waals surface area contributed by atoms with Gasteiger partial charge in [-0.05, 0) is 30.5 Å². The van der Waals surface area contributed by atoms with Crippen LogP contribution in [0.5, 0.6) is 0 Å². The maximum Gasteiger partial charge on any atom is 0.0721 e. The van der Waals surface area contributed by atoms with E-state index in [0.29, 0.717) is 23.4 Å². The van der Waals surface area contributed by atoms with Crippen LogP contribution in [0.3, 0.4) is 0 Å². The molecule has 2 nitrogen and oxygen atoms in total. The van der Waals surface area contributed by atoms with Gasteiger partial charge in [-0.2, -0.15) is 0 Å². The zero-order valence-electron chi connectivity index (χ0n) is 9.42. The fraction of sp³-hybridized carbons (Fsp3) is 0.538. The number of anilines is 1. The summed E-state index contributed by atoms with van der Waals surface area (Å²) in [7, 11) is 0. The quantitative estimate of drug-likeness (QED) is 0.815. The van der Waals surface area contributed by atoms with E-state index >= 15 is 0 Å². The van der Waals surface area contributed by atoms with Gasteiger partial charge in [0.1, 0.15) is 0 Å². The van der Waals surface area contributed by atoms with E-state index in [0.717, 1.165) is 5.56 Å². The molecule has 0 unspecified atom stereocenters. The highest BCUT2D eigenvalue weighted by Crippen LogP contribution is 2.23. The van der Waals surface area contributed by atoms with Crippen LogP contribution in [0.4, 0.5) is 5.69 Å². The van der Waals surface area contributed by atoms with Crippen molar-refractivity contribution in [2.45, 2.75) is 44.8 Å². The highest BCUT2D eigenvalue weighted by atomic mass is 35.5. The van der Waals surface area contributed by atoms with Gasteiger partial charge in [-0.3, -0.25) is 0 Å². The van der Waals surface area contributed by atoms with Gasteiger partial charge in [0, 0.05) is 0 Å². The Kier molecular flexibility index (Phi) is 4.08. The molecule has 3 heteroatoms. The van der Waals surface area contributed by atoms with Crippen LogP contribution in [0.1, 0.15) is 37.7 Å². The number of hydrogen-bond acceptors (Lipinski definition) is 2. The molecule has 0 radical (unpaired) electrons. The third kappa shape index (κ3) is 3.13. The molecular formula is C13H18ClNO. The molecule has 88 valence electrons. The van der Waals surface area contributed by atoms with Gasteiger partial charge >= 0.3 is 0 Å². The summed E-state index contributed by atoms with van der Waals surface area (Å²) in [4.78, 5) is 0. The van der Waals surface area contributed by atoms with E-state index in [1.807, 2.05) is 18.2 Å². The summed E-state index contributed by atoms with van der Waals surface area (Å²) < 4.78 is 5.87. The van der Waals surface area contributed by atoms with Crippen LogP contribution in [-0.4, -0.2) is 6.10 Å². The average Bonchev–Trinajstić information content (AvgIpc) is 2.32. The standard InChI is InChI=1S/C13H18ClNO/c14-12-7-6-10(8-13(12)15)9-16-11-4-2-1-3-5-11/h6-8,11H,1-5,9,15H2. The van der Waals surface area contributed by atoms with Crippen molar-refractivity contribution in [3.8, 4) is 0 Å². The van der Waals surface area contributed by atoms with E-state index in [-0.39, 0.29) is 0 Å². The molecule has 1 fully saturated rings. The van der Waals surface area contributed by atoms with Gasteiger partial charge in [0.05, 0.1) is 23.4 Å². The Morgan fingerprint density at radius 1 is 1.25 bits per heavy atom. The second-order valence-electron chi connectivity index (χ2n) is 4.43. The molecule has 16 heavy (non-hydrogen) atoms. The van der Waals surface area contributed by atoms with Crippen molar-refractivity contribution in [3.63, 3.8) is 0 Å². The number of nitrogen functional groups attached to an aromatic ring is 1. The van der Waals surface area contributed by atoms with Gasteiger partial charge in [-0.1, -0.05) is 36.9 Å². The maximum atomic E-state index is 5.87. The minimum absolute atomic E-state index is 0.436. The second kappa shape index (κ2) is 5.55. The number of ether oxygens (including phenoxy) is 1. The van der Waals surface area contributed by atoms with Crippen molar-refractivity contribution in [3.05, 3.63) is 28.8 Å². The van der Waals surface area contributed by atoms with E-state index in [9.17, 15) is 0 Å². The Bertz CT molecular complexity index is 348. The van der Waals surface area contributed by atoms with E-state index in [2.05, 4.69) is 0 Å². The molecule has 2 rings (SSSR count). The van der Waals surface area contributed by atoms with Crippen LogP contribution in [0, 0.1) is 0 Å². The fourth-order valence-electron chi connectivity index (χ4n) is 2.13. The largest absolute Gasteiger partial charge is 0.398 e. The number of nitrogens with two attached hydrogens (primary N) is 1. The van der Waals surface area contributed by atoms with Crippen molar-refractivity contribution >= 4 is 17.3 Å². The van der Waals surface area contributed by atoms with Crippen LogP contribution in [0.15, 0.2) is 18.2 Å². The Morgan fingerprint density at radius 2 is 2.00 bits per heavy atom. The Labute approximate surface area is 102 Å². The summed E-state index contributed by atoms with van der Waals surface area (Å²) in [6.45, 7) is 0.645. The van der Waals surface area contributed by atoms with Gasteiger partial charge in [0.25, 0.3) is 0 Å². The average molecular weight is 240 g/mol. The van der Waals surface area contributed by atoms with E-state index in [1.54, 1.807) is 0 Å². The Balaban J connectivity index is 1.86. The highest BCUT2D eigenvalue weighted by Gasteiger charge is 2.13. The fourth-order valence-corrected chi connectivity index (χ4v) is 2.25. The molecule has 1 aromatic carbocycles. The minimum atomic E-state index is 0.436. The lowest BCUT2D eigenvalue weighted by molar-refractivity contribution is 0.0169. The van der Waals surface area contributed by atoms with Crippen LogP contribution >= 0.6 is 11.6 Å². The van der Waals surface area contributed by atoms with Gasteiger partial charge in [0.2, 0.25) is 0 Å². The molecule has 2 N–H and O–H groups in total. The minimum Gasteiger partial charge on any atom is -0.398 e. The van der Waals surface area contributed by atoms with Crippen molar-refractivity contribution in [1.29, 1.82) is 0 Å². The monoisotopic (exact) mass is 239 g/mol. The van der Waals surface area contributed by atoms with E-state index < -0.39 is 0 Å². The first-order valence-corrected chi connectivity index (χ1v) is 6.29. The summed E-state index contributed by atoms with van der Waals surface area (Å²) in [5.41, 5.74) is 7.48. The molecule has 1 aliphatic carbocycles. The van der Waals surface area contributed by atoms with Gasteiger partial charge in [-0.25, -0.2) is 0 Å². The normalized spacial score (nSPS) is 17.6. The lowest BCUT2D eigenvalue weighted by Crippen LogP contribution is -2.16. The van der Waals surface area contributed by atoms with Crippen molar-refractivity contribution < 1.29 is 4.74 Å². The first-order chi connectivity index (χ1) is 7.75. The Morgan fingerprint density at radius 3 is 2.69 bits per heavy atom. The predicted molar refractivity (Wildman–Crippen MR) is 67.5 cm³/mol. The molecule has 0 atom stereocenters. The first-order valence-electron chi connectivity index (χ1n) is 5.91. The van der Waals surface area contributed by atoms with Gasteiger partial charge < -0.3 is 10.5 Å². The number of halogens is 1. The summed E-state index contributed by atoms with van der Waals surface area (Å²) >= 11 is 5.86. The molecule has 0 aromatic heterocycles. The van der Waals surface area contributed by atoms with Crippen LogP contribution < -0.4 is 5.73 Å². The molecule has 0 heterocycles. The number of hydrogen-bond donors (Lipinski definition) is 1. The lowest BCUT2D eigenvalue weighted by atomic mass is 9.98. The van der Waals surface area contributed by atoms with Gasteiger partial charge in [-0.15, -0.1) is 0 Å². The smallest absolute Gasteiger partial charge is 0.0721 e. The zero-order chi connectivity index (χ0) is 11.4.